The van der Waals surface area contributed by atoms with Crippen molar-refractivity contribution >= 4 is 55.9 Å². The first-order valence-electron chi connectivity index (χ1n) is 7.29. The largest absolute Gasteiger partial charge is 0.312 e. The van der Waals surface area contributed by atoms with Crippen LogP contribution in [0.3, 0.4) is 0 Å². The quantitative estimate of drug-likeness (QED) is 0.629. The van der Waals surface area contributed by atoms with E-state index in [1.807, 2.05) is 23.1 Å². The summed E-state index contributed by atoms with van der Waals surface area (Å²) in [6.45, 7) is 3.94. The molecule has 0 radical (unpaired) electrons. The summed E-state index contributed by atoms with van der Waals surface area (Å²) in [4.78, 5) is 16.7. The number of benzene rings is 1. The SMILES string of the molecule is CC(CN(C)C)CN(C(=O)C1CC1)c1ccc(Br)c(Br)c1.Cl. The van der Waals surface area contributed by atoms with E-state index in [1.165, 1.54) is 0 Å². The minimum atomic E-state index is 0. The molecule has 0 spiro atoms. The van der Waals surface area contributed by atoms with Crippen molar-refractivity contribution in [2.24, 2.45) is 11.8 Å². The van der Waals surface area contributed by atoms with Gasteiger partial charge in [-0.2, -0.15) is 0 Å². The molecule has 0 saturated heterocycles. The summed E-state index contributed by atoms with van der Waals surface area (Å²) in [5, 5.41) is 0. The lowest BCUT2D eigenvalue weighted by atomic mass is 10.1. The Morgan fingerprint density at radius 3 is 2.36 bits per heavy atom. The first kappa shape index (κ1) is 19.9. The molecule has 1 fully saturated rings. The smallest absolute Gasteiger partial charge is 0.230 e. The number of carbonyl (C=O) groups excluding carboxylic acids is 1. The van der Waals surface area contributed by atoms with E-state index in [0.29, 0.717) is 5.92 Å². The molecular formula is C16H23Br2ClN2O. The van der Waals surface area contributed by atoms with Gasteiger partial charge in [-0.05, 0) is 82.9 Å². The van der Waals surface area contributed by atoms with E-state index < -0.39 is 0 Å². The van der Waals surface area contributed by atoms with Gasteiger partial charge < -0.3 is 9.80 Å². The number of rotatable bonds is 6. The van der Waals surface area contributed by atoms with Crippen molar-refractivity contribution in [1.29, 1.82) is 0 Å². The van der Waals surface area contributed by atoms with Gasteiger partial charge in [-0.15, -0.1) is 12.4 Å². The molecule has 0 aliphatic heterocycles. The minimum absolute atomic E-state index is 0. The standard InChI is InChI=1S/C16H22Br2N2O.ClH/c1-11(9-19(2)3)10-20(16(21)12-4-5-12)13-6-7-14(17)15(18)8-13;/h6-8,11-12H,4-5,9-10H2,1-3H3;1H. The van der Waals surface area contributed by atoms with Gasteiger partial charge in [0.25, 0.3) is 0 Å². The van der Waals surface area contributed by atoms with Gasteiger partial charge in [0.2, 0.25) is 5.91 Å². The molecule has 3 nitrogen and oxygen atoms in total. The van der Waals surface area contributed by atoms with Crippen LogP contribution in [0.4, 0.5) is 5.69 Å². The Labute approximate surface area is 156 Å². The minimum Gasteiger partial charge on any atom is -0.312 e. The summed E-state index contributed by atoms with van der Waals surface area (Å²) in [6, 6.07) is 6.02. The van der Waals surface area contributed by atoms with Crippen LogP contribution in [0.25, 0.3) is 0 Å². The van der Waals surface area contributed by atoms with Crippen molar-refractivity contribution in [3.05, 3.63) is 27.1 Å². The average molecular weight is 455 g/mol. The molecule has 2 rings (SSSR count). The fourth-order valence-electron chi connectivity index (χ4n) is 2.52. The zero-order valence-corrected chi connectivity index (χ0v) is 17.2. The van der Waals surface area contributed by atoms with Gasteiger partial charge in [-0.3, -0.25) is 4.79 Å². The van der Waals surface area contributed by atoms with E-state index in [9.17, 15) is 4.79 Å². The lowest BCUT2D eigenvalue weighted by Gasteiger charge is -2.28. The summed E-state index contributed by atoms with van der Waals surface area (Å²) in [5.41, 5.74) is 0.979. The molecule has 0 bridgehead atoms. The Hall–Kier alpha value is -0.100. The van der Waals surface area contributed by atoms with Crippen LogP contribution in [0.1, 0.15) is 19.8 Å². The molecule has 124 valence electrons. The zero-order valence-electron chi connectivity index (χ0n) is 13.2. The van der Waals surface area contributed by atoms with Crippen LogP contribution in [0, 0.1) is 11.8 Å². The molecule has 6 heteroatoms. The average Bonchev–Trinajstić information content (AvgIpc) is 3.22. The summed E-state index contributed by atoms with van der Waals surface area (Å²) in [6.07, 6.45) is 2.07. The highest BCUT2D eigenvalue weighted by atomic mass is 79.9. The fraction of sp³-hybridized carbons (Fsp3) is 0.562. The molecule has 1 saturated carbocycles. The molecule has 1 aliphatic rings. The van der Waals surface area contributed by atoms with E-state index in [-0.39, 0.29) is 24.2 Å². The number of nitrogens with zero attached hydrogens (tertiary/aromatic N) is 2. The predicted octanol–water partition coefficient (Wildman–Crippen LogP) is 4.57. The van der Waals surface area contributed by atoms with Crippen LogP contribution >= 0.6 is 44.3 Å². The lowest BCUT2D eigenvalue weighted by Crippen LogP contribution is -2.38. The van der Waals surface area contributed by atoms with Gasteiger partial charge >= 0.3 is 0 Å². The maximum atomic E-state index is 12.6. The van der Waals surface area contributed by atoms with Gasteiger partial charge in [-0.25, -0.2) is 0 Å². The Morgan fingerprint density at radius 1 is 1.23 bits per heavy atom. The molecule has 1 amide bonds. The van der Waals surface area contributed by atoms with Crippen molar-refractivity contribution in [2.45, 2.75) is 19.8 Å². The van der Waals surface area contributed by atoms with Gasteiger partial charge in [0.05, 0.1) is 0 Å². The molecule has 0 aromatic heterocycles. The normalized spacial score (nSPS) is 15.4. The van der Waals surface area contributed by atoms with Crippen LogP contribution in [0.15, 0.2) is 27.1 Å². The van der Waals surface area contributed by atoms with Gasteiger partial charge in [0.1, 0.15) is 0 Å². The van der Waals surface area contributed by atoms with E-state index in [0.717, 1.165) is 40.6 Å². The van der Waals surface area contributed by atoms with E-state index in [4.69, 9.17) is 0 Å². The molecule has 1 unspecified atom stereocenters. The fourth-order valence-corrected chi connectivity index (χ4v) is 3.13. The third-order valence-electron chi connectivity index (χ3n) is 3.58. The second kappa shape index (κ2) is 8.67. The topological polar surface area (TPSA) is 23.6 Å². The Balaban J connectivity index is 0.00000242. The summed E-state index contributed by atoms with van der Waals surface area (Å²) in [7, 11) is 4.14. The molecule has 1 aliphatic carbocycles. The highest BCUT2D eigenvalue weighted by Crippen LogP contribution is 2.35. The monoisotopic (exact) mass is 452 g/mol. The lowest BCUT2D eigenvalue weighted by molar-refractivity contribution is -0.119. The van der Waals surface area contributed by atoms with Gasteiger partial charge in [-0.1, -0.05) is 6.92 Å². The van der Waals surface area contributed by atoms with Crippen molar-refractivity contribution < 1.29 is 4.79 Å². The second-order valence-electron chi connectivity index (χ2n) is 6.19. The second-order valence-corrected chi connectivity index (χ2v) is 7.90. The number of carbonyl (C=O) groups is 1. The highest BCUT2D eigenvalue weighted by molar-refractivity contribution is 9.13. The van der Waals surface area contributed by atoms with Crippen molar-refractivity contribution in [2.75, 3.05) is 32.1 Å². The van der Waals surface area contributed by atoms with E-state index in [1.54, 1.807) is 0 Å². The molecule has 0 N–H and O–H groups in total. The summed E-state index contributed by atoms with van der Waals surface area (Å²) < 4.78 is 1.99. The highest BCUT2D eigenvalue weighted by Gasteiger charge is 2.34. The maximum Gasteiger partial charge on any atom is 0.230 e. The number of hydrogen-bond donors (Lipinski definition) is 0. The number of amides is 1. The summed E-state index contributed by atoms with van der Waals surface area (Å²) >= 11 is 7.01. The Morgan fingerprint density at radius 2 is 1.86 bits per heavy atom. The predicted molar refractivity (Wildman–Crippen MR) is 102 cm³/mol. The summed E-state index contributed by atoms with van der Waals surface area (Å²) in [5.74, 6) is 0.943. The number of halogens is 3. The number of anilines is 1. The molecule has 22 heavy (non-hydrogen) atoms. The maximum absolute atomic E-state index is 12.6. The van der Waals surface area contributed by atoms with E-state index >= 15 is 0 Å². The molecule has 1 aromatic carbocycles. The Bertz CT molecular complexity index is 521. The van der Waals surface area contributed by atoms with Crippen LogP contribution in [0.5, 0.6) is 0 Å². The van der Waals surface area contributed by atoms with E-state index in [2.05, 4.69) is 57.8 Å². The van der Waals surface area contributed by atoms with Gasteiger partial charge in [0.15, 0.2) is 0 Å². The van der Waals surface area contributed by atoms with Crippen LogP contribution < -0.4 is 4.90 Å². The zero-order chi connectivity index (χ0) is 15.6. The van der Waals surface area contributed by atoms with Crippen molar-refractivity contribution in [3.8, 4) is 0 Å². The van der Waals surface area contributed by atoms with Crippen molar-refractivity contribution in [1.82, 2.24) is 4.90 Å². The van der Waals surface area contributed by atoms with Crippen LogP contribution in [0.2, 0.25) is 0 Å². The third-order valence-corrected chi connectivity index (χ3v) is 5.46. The van der Waals surface area contributed by atoms with Gasteiger partial charge in [0, 0.05) is 33.6 Å². The molecular weight excluding hydrogens is 431 g/mol. The first-order valence-corrected chi connectivity index (χ1v) is 8.88. The molecule has 0 heterocycles. The van der Waals surface area contributed by atoms with Crippen LogP contribution in [-0.4, -0.2) is 38.0 Å². The van der Waals surface area contributed by atoms with Crippen molar-refractivity contribution in [3.63, 3.8) is 0 Å². The Kier molecular flexibility index (Phi) is 7.86. The number of hydrogen-bond acceptors (Lipinski definition) is 2. The molecule has 1 aromatic rings. The molecule has 1 atom stereocenters. The first-order chi connectivity index (χ1) is 9.88. The van der Waals surface area contributed by atoms with Crippen LogP contribution in [-0.2, 0) is 4.79 Å². The third kappa shape index (κ3) is 5.52.